The molecule has 0 radical (unpaired) electrons. The van der Waals surface area contributed by atoms with Gasteiger partial charge >= 0.3 is 0 Å². The second-order valence-electron chi connectivity index (χ2n) is 14.4. The maximum Gasteiger partial charge on any atom is 0.273 e. The molecule has 5 nitrogen and oxygen atoms in total. The largest absolute Gasteiger partial charge is 0.575 e. The Bertz CT molecular complexity index is 3100. The van der Waals surface area contributed by atoms with Crippen LogP contribution < -0.4 is 10.3 Å². The van der Waals surface area contributed by atoms with Gasteiger partial charge in [0.1, 0.15) is 11.2 Å². The van der Waals surface area contributed by atoms with E-state index in [0.29, 0.717) is 0 Å². The third-order valence-corrected chi connectivity index (χ3v) is 11.1. The van der Waals surface area contributed by atoms with Crippen LogP contribution in [-0.2, 0) is 0 Å². The van der Waals surface area contributed by atoms with Gasteiger partial charge in [0.05, 0.1) is 16.6 Å². The summed E-state index contributed by atoms with van der Waals surface area (Å²) in [7, 11) is 0. The first-order valence-corrected chi connectivity index (χ1v) is 19.1. The first-order chi connectivity index (χ1) is 27.7. The summed E-state index contributed by atoms with van der Waals surface area (Å²) in [6.07, 6.45) is -0.404. The van der Waals surface area contributed by atoms with Crippen molar-refractivity contribution in [2.45, 2.75) is 12.3 Å². The van der Waals surface area contributed by atoms with Crippen LogP contribution in [0.5, 0.6) is 0 Å². The van der Waals surface area contributed by atoms with Crippen LogP contribution in [0.3, 0.4) is 0 Å². The highest BCUT2D eigenvalue weighted by Gasteiger charge is 2.24. The quantitative estimate of drug-likeness (QED) is 0.180. The molecular weight excluding hydrogens is 685 g/mol. The van der Waals surface area contributed by atoms with Crippen molar-refractivity contribution in [3.63, 3.8) is 0 Å². The molecule has 1 aliphatic heterocycles. The van der Waals surface area contributed by atoms with Crippen LogP contribution in [0, 0.1) is 0 Å². The molecule has 2 unspecified atom stereocenters. The Kier molecular flexibility index (Phi) is 7.64. The van der Waals surface area contributed by atoms with Crippen LogP contribution in [0.2, 0.25) is 0 Å². The molecule has 56 heavy (non-hydrogen) atoms. The molecule has 2 N–H and O–H groups in total. The Labute approximate surface area is 324 Å². The van der Waals surface area contributed by atoms with E-state index in [4.69, 9.17) is 9.73 Å². The van der Waals surface area contributed by atoms with Crippen molar-refractivity contribution in [2.75, 3.05) is 0 Å². The summed E-state index contributed by atoms with van der Waals surface area (Å²) in [6, 6.07) is 68.7. The lowest BCUT2D eigenvalue weighted by Gasteiger charge is -2.38. The summed E-state index contributed by atoms with van der Waals surface area (Å²) >= 11 is 0. The first kappa shape index (κ1) is 32.2. The summed E-state index contributed by atoms with van der Waals surface area (Å²) in [5.74, 6) is 0.947. The molecule has 2 aromatic heterocycles. The number of furan rings is 1. The Hall–Kier alpha value is -7.21. The fraction of sp³-hybridized carbons (Fsp3) is 0.0392. The maximum atomic E-state index is 6.43. The Balaban J connectivity index is 1.02. The van der Waals surface area contributed by atoms with Gasteiger partial charge in [0.2, 0.25) is 0 Å². The van der Waals surface area contributed by atoms with Crippen molar-refractivity contribution >= 4 is 49.6 Å². The number of benzene rings is 8. The summed E-state index contributed by atoms with van der Waals surface area (Å²) < 4.78 is 8.83. The van der Waals surface area contributed by atoms with Crippen molar-refractivity contribution < 1.29 is 9.41 Å². The van der Waals surface area contributed by atoms with E-state index in [9.17, 15) is 0 Å². The Morgan fingerprint density at radius 1 is 0.482 bits per heavy atom. The minimum Gasteiger partial charge on any atom is -0.575 e. The van der Waals surface area contributed by atoms with E-state index in [-0.39, 0.29) is 12.3 Å². The average Bonchev–Trinajstić information content (AvgIpc) is 3.83. The molecule has 0 spiro atoms. The molecule has 0 amide bonds. The van der Waals surface area contributed by atoms with Gasteiger partial charge in [-0.2, -0.15) is 0 Å². The van der Waals surface area contributed by atoms with E-state index in [1.165, 1.54) is 10.8 Å². The third kappa shape index (κ3) is 5.48. The number of fused-ring (bicyclic) bond motifs is 6. The predicted molar refractivity (Wildman–Crippen MR) is 229 cm³/mol. The van der Waals surface area contributed by atoms with Gasteiger partial charge in [0.15, 0.2) is 0 Å². The van der Waals surface area contributed by atoms with E-state index in [1.54, 1.807) is 0 Å². The molecule has 0 saturated carbocycles. The third-order valence-electron chi connectivity index (χ3n) is 11.1. The smallest absolute Gasteiger partial charge is 0.273 e. The molecule has 0 bridgehead atoms. The minimum absolute atomic E-state index is 0.202. The number of para-hydroxylation sites is 3. The molecule has 3 heterocycles. The summed E-state index contributed by atoms with van der Waals surface area (Å²) in [5, 5.41) is 13.6. The monoisotopic (exact) mass is 720 g/mol. The average molecular weight is 721 g/mol. The second kappa shape index (κ2) is 13.3. The zero-order chi connectivity index (χ0) is 37.0. The molecule has 1 aliphatic rings. The molecule has 0 saturated heterocycles. The van der Waals surface area contributed by atoms with Crippen molar-refractivity contribution in [2.24, 2.45) is 0 Å². The van der Waals surface area contributed by atoms with Crippen LogP contribution >= 0.6 is 0 Å². The lowest BCUT2D eigenvalue weighted by molar-refractivity contribution is -0.505. The molecule has 0 aliphatic carbocycles. The SMILES string of the molecule is c1ccc(C2[N-]C(c3ccccc3)[NH+]=C(c3cccc(-n4c5ccccc5c5ccc(-c6cccc(-c7cccc8c7oc7ccccc78)c6)cc54)c3)N2)cc1. The van der Waals surface area contributed by atoms with Crippen LogP contribution in [0.15, 0.2) is 199 Å². The summed E-state index contributed by atoms with van der Waals surface area (Å²) in [6.45, 7) is 0. The number of nitrogens with zero attached hydrogens (tertiary/aromatic N) is 2. The van der Waals surface area contributed by atoms with E-state index in [1.807, 2.05) is 24.3 Å². The molecule has 0 fully saturated rings. The van der Waals surface area contributed by atoms with Gasteiger partial charge in [-0.25, -0.2) is 0 Å². The van der Waals surface area contributed by atoms with Gasteiger partial charge in [-0.1, -0.05) is 152 Å². The number of hydrogen-bond acceptors (Lipinski definition) is 2. The summed E-state index contributed by atoms with van der Waals surface area (Å²) in [4.78, 5) is 3.72. The van der Waals surface area contributed by atoms with E-state index in [2.05, 4.69) is 185 Å². The van der Waals surface area contributed by atoms with Gasteiger partial charge in [0.25, 0.3) is 5.84 Å². The van der Waals surface area contributed by atoms with Gasteiger partial charge in [-0.15, -0.1) is 0 Å². The predicted octanol–water partition coefficient (Wildman–Crippen LogP) is 11.2. The van der Waals surface area contributed by atoms with Gasteiger partial charge in [0, 0.05) is 45.1 Å². The second-order valence-corrected chi connectivity index (χ2v) is 14.4. The highest BCUT2D eigenvalue weighted by Crippen LogP contribution is 2.39. The molecule has 266 valence electrons. The number of rotatable bonds is 6. The van der Waals surface area contributed by atoms with Crippen LogP contribution in [-0.4, -0.2) is 10.4 Å². The fourth-order valence-corrected chi connectivity index (χ4v) is 8.38. The fourth-order valence-electron chi connectivity index (χ4n) is 8.38. The highest BCUT2D eigenvalue weighted by molar-refractivity contribution is 6.11. The lowest BCUT2D eigenvalue weighted by Crippen LogP contribution is -2.80. The van der Waals surface area contributed by atoms with Crippen molar-refractivity contribution in [3.05, 3.63) is 216 Å². The van der Waals surface area contributed by atoms with E-state index >= 15 is 0 Å². The zero-order valence-electron chi connectivity index (χ0n) is 30.4. The molecular formula is C51H36N4O. The molecule has 2 atom stereocenters. The first-order valence-electron chi connectivity index (χ1n) is 19.1. The van der Waals surface area contributed by atoms with Crippen molar-refractivity contribution in [1.29, 1.82) is 0 Å². The van der Waals surface area contributed by atoms with Crippen LogP contribution in [0.1, 0.15) is 29.0 Å². The molecule has 8 aromatic carbocycles. The lowest BCUT2D eigenvalue weighted by atomic mass is 9.97. The van der Waals surface area contributed by atoms with Crippen molar-refractivity contribution in [3.8, 4) is 27.9 Å². The minimum atomic E-state index is -0.202. The zero-order valence-corrected chi connectivity index (χ0v) is 30.4. The van der Waals surface area contributed by atoms with Gasteiger partial charge in [-0.3, -0.25) is 10.3 Å². The molecule has 11 rings (SSSR count). The Morgan fingerprint density at radius 3 is 2.02 bits per heavy atom. The van der Waals surface area contributed by atoms with Gasteiger partial charge < -0.3 is 14.3 Å². The molecule has 10 aromatic rings. The maximum absolute atomic E-state index is 6.43. The van der Waals surface area contributed by atoms with Crippen LogP contribution in [0.25, 0.3) is 77.0 Å². The Morgan fingerprint density at radius 2 is 1.14 bits per heavy atom. The standard InChI is InChI=1S/C51H35N4O/c1-3-14-33(15-4-1)49-52-50(34-16-5-2-6-17-34)54-51(53-49)38-20-12-21-39(31-38)55-45-26-9-7-22-41(45)42-29-28-36(32-46(42)55)35-18-11-19-37(30-35)40-24-13-25-44-43-23-8-10-27-47(43)56-48(40)44/h1-32,49-50H,(H,53,54)/q-1/p+1. The topological polar surface area (TPSA) is 58.2 Å². The van der Waals surface area contributed by atoms with E-state index < -0.39 is 0 Å². The molecule has 5 heteroatoms. The van der Waals surface area contributed by atoms with Gasteiger partial charge in [-0.05, 0) is 70.3 Å². The number of aromatic nitrogens is 1. The number of hydrogen-bond donors (Lipinski definition) is 2. The van der Waals surface area contributed by atoms with Crippen molar-refractivity contribution in [1.82, 2.24) is 9.88 Å². The normalized spacial score (nSPS) is 15.7. The highest BCUT2D eigenvalue weighted by atomic mass is 16.3. The number of nitrogens with one attached hydrogen (secondary N) is 2. The number of amidine groups is 1. The summed E-state index contributed by atoms with van der Waals surface area (Å²) in [5.41, 5.74) is 13.0. The van der Waals surface area contributed by atoms with E-state index in [0.717, 1.165) is 83.4 Å². The van der Waals surface area contributed by atoms with Crippen LogP contribution in [0.4, 0.5) is 0 Å².